The number of amides is 1. The molecule has 0 unspecified atom stereocenters. The van der Waals surface area contributed by atoms with Crippen molar-refractivity contribution in [3.8, 4) is 0 Å². The third-order valence-electron chi connectivity index (χ3n) is 1.05. The first-order valence-corrected chi connectivity index (χ1v) is 3.89. The highest BCUT2D eigenvalue weighted by Crippen LogP contribution is 2.14. The molecule has 0 spiro atoms. The van der Waals surface area contributed by atoms with Crippen LogP contribution in [0, 0.1) is 0 Å². The van der Waals surface area contributed by atoms with Crippen molar-refractivity contribution < 1.29 is 4.79 Å². The van der Waals surface area contributed by atoms with E-state index in [1.54, 1.807) is 0 Å². The van der Waals surface area contributed by atoms with Crippen molar-refractivity contribution in [3.05, 3.63) is 27.5 Å². The van der Waals surface area contributed by atoms with Gasteiger partial charge in [0.15, 0.2) is 0 Å². The second kappa shape index (κ2) is 3.19. The number of nitrogens with zero attached hydrogens (tertiary/aromatic N) is 1. The van der Waals surface area contributed by atoms with Gasteiger partial charge in [-0.25, -0.2) is 4.98 Å². The lowest BCUT2D eigenvalue weighted by Gasteiger charge is -1.96. The molecule has 0 atom stereocenters. The van der Waals surface area contributed by atoms with Crippen LogP contribution in [0.15, 0.2) is 16.7 Å². The van der Waals surface area contributed by atoms with Gasteiger partial charge in [-0.05, 0) is 28.1 Å². The fourth-order valence-electron chi connectivity index (χ4n) is 0.607. The molecular formula is C6H4BrClN2O. The summed E-state index contributed by atoms with van der Waals surface area (Å²) in [6, 6.07) is 2.92. The lowest BCUT2D eigenvalue weighted by molar-refractivity contribution is 0.1000. The summed E-state index contributed by atoms with van der Waals surface area (Å²) >= 11 is 8.62. The summed E-state index contributed by atoms with van der Waals surface area (Å²) in [5, 5.41) is 0.244. The zero-order valence-corrected chi connectivity index (χ0v) is 7.69. The molecule has 0 aliphatic carbocycles. The number of pyridine rings is 1. The predicted molar refractivity (Wildman–Crippen MR) is 45.5 cm³/mol. The molecule has 0 aromatic carbocycles. The van der Waals surface area contributed by atoms with Gasteiger partial charge in [0, 0.05) is 5.56 Å². The van der Waals surface area contributed by atoms with Gasteiger partial charge in [-0.15, -0.1) is 0 Å². The zero-order valence-electron chi connectivity index (χ0n) is 5.34. The van der Waals surface area contributed by atoms with Crippen molar-refractivity contribution in [2.24, 2.45) is 5.73 Å². The number of primary amides is 1. The van der Waals surface area contributed by atoms with E-state index in [1.807, 2.05) is 0 Å². The third kappa shape index (κ3) is 2.17. The Hall–Kier alpha value is -0.610. The Kier molecular flexibility index (Phi) is 2.46. The van der Waals surface area contributed by atoms with E-state index < -0.39 is 5.91 Å². The molecule has 11 heavy (non-hydrogen) atoms. The molecule has 0 fully saturated rings. The van der Waals surface area contributed by atoms with Crippen LogP contribution in [0.25, 0.3) is 0 Å². The normalized spacial score (nSPS) is 9.64. The van der Waals surface area contributed by atoms with Gasteiger partial charge in [0.1, 0.15) is 9.76 Å². The maximum absolute atomic E-state index is 10.6. The molecule has 5 heteroatoms. The van der Waals surface area contributed by atoms with Crippen LogP contribution < -0.4 is 5.73 Å². The lowest BCUT2D eigenvalue weighted by Crippen LogP contribution is -2.10. The maximum atomic E-state index is 10.6. The average molecular weight is 235 g/mol. The first-order chi connectivity index (χ1) is 5.09. The predicted octanol–water partition coefficient (Wildman–Crippen LogP) is 1.60. The second-order valence-electron chi connectivity index (χ2n) is 1.87. The van der Waals surface area contributed by atoms with Gasteiger partial charge in [0.05, 0.1) is 0 Å². The van der Waals surface area contributed by atoms with Gasteiger partial charge < -0.3 is 5.73 Å². The van der Waals surface area contributed by atoms with Crippen molar-refractivity contribution in [1.29, 1.82) is 0 Å². The molecule has 2 N–H and O–H groups in total. The topological polar surface area (TPSA) is 56.0 Å². The van der Waals surface area contributed by atoms with Gasteiger partial charge in [-0.2, -0.15) is 0 Å². The Morgan fingerprint density at radius 1 is 1.64 bits per heavy atom. The van der Waals surface area contributed by atoms with Gasteiger partial charge in [-0.3, -0.25) is 4.79 Å². The Morgan fingerprint density at radius 3 is 2.73 bits per heavy atom. The number of nitrogens with two attached hydrogens (primary N) is 1. The van der Waals surface area contributed by atoms with Crippen LogP contribution in [-0.2, 0) is 0 Å². The summed E-state index contributed by atoms with van der Waals surface area (Å²) < 4.78 is 0.499. The molecule has 58 valence electrons. The molecule has 0 aliphatic rings. The Bertz CT molecular complexity index is 282. The minimum Gasteiger partial charge on any atom is -0.366 e. The molecule has 1 rings (SSSR count). The van der Waals surface area contributed by atoms with Crippen molar-refractivity contribution in [1.82, 2.24) is 4.98 Å². The Balaban J connectivity index is 3.19. The van der Waals surface area contributed by atoms with Crippen molar-refractivity contribution >= 4 is 33.4 Å². The lowest BCUT2D eigenvalue weighted by atomic mass is 10.3. The number of hydrogen-bond donors (Lipinski definition) is 1. The highest BCUT2D eigenvalue weighted by Gasteiger charge is 2.03. The zero-order chi connectivity index (χ0) is 8.43. The molecular weight excluding hydrogens is 231 g/mol. The number of hydrogen-bond acceptors (Lipinski definition) is 2. The molecule has 0 bridgehead atoms. The monoisotopic (exact) mass is 234 g/mol. The second-order valence-corrected chi connectivity index (χ2v) is 3.07. The maximum Gasteiger partial charge on any atom is 0.248 e. The van der Waals surface area contributed by atoms with E-state index in [0.29, 0.717) is 10.2 Å². The minimum absolute atomic E-state index is 0.244. The molecule has 0 saturated carbocycles. The summed E-state index contributed by atoms with van der Waals surface area (Å²) in [7, 11) is 0. The van der Waals surface area contributed by atoms with Crippen LogP contribution in [0.1, 0.15) is 10.4 Å². The summed E-state index contributed by atoms with van der Waals surface area (Å²) in [4.78, 5) is 14.4. The van der Waals surface area contributed by atoms with Crippen LogP contribution in [-0.4, -0.2) is 10.9 Å². The highest BCUT2D eigenvalue weighted by atomic mass is 79.9. The van der Waals surface area contributed by atoms with Crippen LogP contribution in [0.5, 0.6) is 0 Å². The molecule has 3 nitrogen and oxygen atoms in total. The van der Waals surface area contributed by atoms with E-state index in [0.717, 1.165) is 0 Å². The standard InChI is InChI=1S/C6H4BrClN2O/c7-4-1-3(6(9)11)2-5(8)10-4/h1-2H,(H2,9,11). The molecule has 0 saturated heterocycles. The van der Waals surface area contributed by atoms with Crippen LogP contribution >= 0.6 is 27.5 Å². The number of halogens is 2. The number of carbonyl (C=O) groups excluding carboxylic acids is 1. The van der Waals surface area contributed by atoms with Crippen molar-refractivity contribution in [2.75, 3.05) is 0 Å². The minimum atomic E-state index is -0.519. The van der Waals surface area contributed by atoms with E-state index in [-0.39, 0.29) is 5.15 Å². The fraction of sp³-hybridized carbons (Fsp3) is 0. The Morgan fingerprint density at radius 2 is 2.27 bits per heavy atom. The smallest absolute Gasteiger partial charge is 0.248 e. The van der Waals surface area contributed by atoms with Gasteiger partial charge in [0.25, 0.3) is 0 Å². The van der Waals surface area contributed by atoms with Crippen LogP contribution in [0.3, 0.4) is 0 Å². The van der Waals surface area contributed by atoms with E-state index in [1.165, 1.54) is 12.1 Å². The first-order valence-electron chi connectivity index (χ1n) is 2.72. The SMILES string of the molecule is NC(=O)c1cc(Cl)nc(Br)c1. The van der Waals surface area contributed by atoms with Gasteiger partial charge in [0.2, 0.25) is 5.91 Å². The highest BCUT2D eigenvalue weighted by molar-refractivity contribution is 9.10. The van der Waals surface area contributed by atoms with Gasteiger partial charge >= 0.3 is 0 Å². The summed E-state index contributed by atoms with van der Waals surface area (Å²) in [5.41, 5.74) is 5.35. The van der Waals surface area contributed by atoms with Crippen LogP contribution in [0.4, 0.5) is 0 Å². The molecule has 0 aliphatic heterocycles. The molecule has 1 aromatic heterocycles. The Labute approximate surface area is 76.7 Å². The van der Waals surface area contributed by atoms with Crippen molar-refractivity contribution in [2.45, 2.75) is 0 Å². The van der Waals surface area contributed by atoms with Gasteiger partial charge in [-0.1, -0.05) is 11.6 Å². The summed E-state index contributed by atoms with van der Waals surface area (Å²) in [6.45, 7) is 0. The van der Waals surface area contributed by atoms with Crippen molar-refractivity contribution in [3.63, 3.8) is 0 Å². The first kappa shape index (κ1) is 8.49. The fourth-order valence-corrected chi connectivity index (χ4v) is 1.36. The number of aromatic nitrogens is 1. The third-order valence-corrected chi connectivity index (χ3v) is 1.65. The van der Waals surface area contributed by atoms with E-state index in [9.17, 15) is 4.79 Å². The van der Waals surface area contributed by atoms with E-state index >= 15 is 0 Å². The van der Waals surface area contributed by atoms with Crippen LogP contribution in [0.2, 0.25) is 5.15 Å². The molecule has 1 heterocycles. The van der Waals surface area contributed by atoms with E-state index in [2.05, 4.69) is 20.9 Å². The molecule has 1 aromatic rings. The summed E-state index contributed by atoms with van der Waals surface area (Å²) in [5.74, 6) is -0.519. The largest absolute Gasteiger partial charge is 0.366 e. The number of rotatable bonds is 1. The average Bonchev–Trinajstić information content (AvgIpc) is 1.85. The molecule has 1 amide bonds. The summed E-state index contributed by atoms with van der Waals surface area (Å²) in [6.07, 6.45) is 0. The number of carbonyl (C=O) groups is 1. The van der Waals surface area contributed by atoms with E-state index in [4.69, 9.17) is 17.3 Å². The quantitative estimate of drug-likeness (QED) is 0.752. The molecule has 0 radical (unpaired) electrons.